The fourth-order valence-corrected chi connectivity index (χ4v) is 3.67. The molecule has 1 amide bonds. The molecule has 0 N–H and O–H groups in total. The highest BCUT2D eigenvalue weighted by molar-refractivity contribution is 6.00. The average Bonchev–Trinajstić information content (AvgIpc) is 3.29. The summed E-state index contributed by atoms with van der Waals surface area (Å²) < 4.78 is 0. The highest BCUT2D eigenvalue weighted by atomic mass is 16.2. The van der Waals surface area contributed by atoms with Crippen LogP contribution in [-0.4, -0.2) is 42.5 Å². The highest BCUT2D eigenvalue weighted by Crippen LogP contribution is 2.30. The van der Waals surface area contributed by atoms with Crippen LogP contribution >= 0.6 is 0 Å². The first-order valence-electron chi connectivity index (χ1n) is 9.19. The first kappa shape index (κ1) is 16.6. The maximum absolute atomic E-state index is 12.9. The first-order chi connectivity index (χ1) is 13.7. The van der Waals surface area contributed by atoms with E-state index in [1.54, 1.807) is 7.05 Å². The minimum atomic E-state index is 0.0431. The van der Waals surface area contributed by atoms with E-state index in [-0.39, 0.29) is 5.91 Å². The van der Waals surface area contributed by atoms with Crippen molar-refractivity contribution in [2.45, 2.75) is 13.0 Å². The largest absolute Gasteiger partial charge is 0.334 e. The molecule has 0 unspecified atom stereocenters. The molecule has 0 aliphatic carbocycles. The van der Waals surface area contributed by atoms with Gasteiger partial charge in [0.25, 0.3) is 5.91 Å². The van der Waals surface area contributed by atoms with Crippen molar-refractivity contribution in [2.75, 3.05) is 6.54 Å². The van der Waals surface area contributed by atoms with Gasteiger partial charge in [0, 0.05) is 41.7 Å². The number of aryl methyl sites for hydroxylation is 1. The summed E-state index contributed by atoms with van der Waals surface area (Å²) in [5, 5.41) is 13.4. The number of fused-ring (bicyclic) bond motifs is 2. The second kappa shape index (κ2) is 6.53. The number of amides is 1. The van der Waals surface area contributed by atoms with E-state index in [2.05, 4.69) is 27.5 Å². The number of hydrogen-bond acceptors (Lipinski definition) is 5. The number of aromatic nitrogens is 5. The number of nitrogens with zero attached hydrogens (tertiary/aromatic N) is 6. The van der Waals surface area contributed by atoms with Crippen molar-refractivity contribution in [2.24, 2.45) is 7.05 Å². The molecule has 0 fully saturated rings. The zero-order valence-electron chi connectivity index (χ0n) is 15.4. The third-order valence-corrected chi connectivity index (χ3v) is 5.09. The maximum atomic E-state index is 12.9. The van der Waals surface area contributed by atoms with Crippen LogP contribution in [0.4, 0.5) is 0 Å². The Labute approximate surface area is 161 Å². The normalized spacial score (nSPS) is 13.3. The molecule has 3 heterocycles. The Kier molecular flexibility index (Phi) is 3.86. The molecule has 0 radical (unpaired) electrons. The molecule has 2 aromatic heterocycles. The van der Waals surface area contributed by atoms with Crippen molar-refractivity contribution in [1.29, 1.82) is 0 Å². The molecule has 2 aromatic carbocycles. The second-order valence-corrected chi connectivity index (χ2v) is 6.91. The van der Waals surface area contributed by atoms with Gasteiger partial charge in [-0.1, -0.05) is 36.4 Å². The Balaban J connectivity index is 1.37. The summed E-state index contributed by atoms with van der Waals surface area (Å²) in [5.41, 5.74) is 4.51. The molecule has 1 aliphatic heterocycles. The lowest BCUT2D eigenvalue weighted by atomic mass is 10.0. The quantitative estimate of drug-likeness (QED) is 0.552. The van der Waals surface area contributed by atoms with Gasteiger partial charge in [0.05, 0.1) is 12.6 Å². The monoisotopic (exact) mass is 370 g/mol. The Morgan fingerprint density at radius 1 is 1.00 bits per heavy atom. The van der Waals surface area contributed by atoms with Gasteiger partial charge in [0.15, 0.2) is 0 Å². The van der Waals surface area contributed by atoms with E-state index >= 15 is 0 Å². The molecule has 0 saturated carbocycles. The molecule has 0 bridgehead atoms. The van der Waals surface area contributed by atoms with Crippen LogP contribution < -0.4 is 0 Å². The van der Waals surface area contributed by atoms with Gasteiger partial charge in [0.2, 0.25) is 5.82 Å². The predicted octanol–water partition coefficient (Wildman–Crippen LogP) is 2.62. The van der Waals surface area contributed by atoms with Crippen molar-refractivity contribution < 1.29 is 4.79 Å². The Bertz CT molecular complexity index is 1200. The van der Waals surface area contributed by atoms with Gasteiger partial charge >= 0.3 is 0 Å². The Hall–Kier alpha value is -3.61. The number of carbonyl (C=O) groups excluding carboxylic acids is 1. The van der Waals surface area contributed by atoms with Crippen LogP contribution in [0.1, 0.15) is 21.6 Å². The van der Waals surface area contributed by atoms with Gasteiger partial charge in [-0.3, -0.25) is 9.78 Å². The molecule has 0 spiro atoms. The van der Waals surface area contributed by atoms with Gasteiger partial charge in [-0.05, 0) is 29.0 Å². The van der Waals surface area contributed by atoms with Crippen molar-refractivity contribution in [3.05, 3.63) is 71.4 Å². The molecule has 0 atom stereocenters. The van der Waals surface area contributed by atoms with Crippen LogP contribution in [0.3, 0.4) is 0 Å². The first-order valence-corrected chi connectivity index (χ1v) is 9.19. The number of rotatable bonds is 4. The Morgan fingerprint density at radius 2 is 1.86 bits per heavy atom. The number of tetrazole rings is 1. The summed E-state index contributed by atoms with van der Waals surface area (Å²) >= 11 is 0. The van der Waals surface area contributed by atoms with Gasteiger partial charge in [-0.2, -0.15) is 4.80 Å². The number of para-hydroxylation sites is 1. The zero-order valence-corrected chi connectivity index (χ0v) is 15.4. The fourth-order valence-electron chi connectivity index (χ4n) is 3.67. The molecule has 138 valence electrons. The van der Waals surface area contributed by atoms with E-state index in [0.29, 0.717) is 25.3 Å². The topological polar surface area (TPSA) is 76.8 Å². The fraction of sp³-hybridized carbons (Fsp3) is 0.190. The third kappa shape index (κ3) is 2.81. The maximum Gasteiger partial charge on any atom is 0.254 e. The van der Waals surface area contributed by atoms with Crippen LogP contribution in [0.15, 0.2) is 54.6 Å². The van der Waals surface area contributed by atoms with E-state index in [4.69, 9.17) is 4.98 Å². The standard InChI is InChI=1S/C21H18N6O/c1-26-24-20(23-25-26)16-6-4-7-17-18(16)13-27(21(17)28)12-11-15-10-9-14-5-2-3-8-19(14)22-15/h2-10H,11-13H2,1H3. The number of hydrogen-bond donors (Lipinski definition) is 0. The molecular formula is C21H18N6O. The van der Waals surface area contributed by atoms with E-state index in [9.17, 15) is 4.79 Å². The molecule has 28 heavy (non-hydrogen) atoms. The van der Waals surface area contributed by atoms with Crippen molar-refractivity contribution in [3.63, 3.8) is 0 Å². The third-order valence-electron chi connectivity index (χ3n) is 5.09. The summed E-state index contributed by atoms with van der Waals surface area (Å²) in [6, 6.07) is 17.8. The molecule has 7 heteroatoms. The van der Waals surface area contributed by atoms with Crippen LogP contribution in [0.2, 0.25) is 0 Å². The second-order valence-electron chi connectivity index (χ2n) is 6.91. The average molecular weight is 370 g/mol. The minimum Gasteiger partial charge on any atom is -0.334 e. The molecule has 7 nitrogen and oxygen atoms in total. The minimum absolute atomic E-state index is 0.0431. The van der Waals surface area contributed by atoms with Crippen molar-refractivity contribution >= 4 is 16.8 Å². The number of pyridine rings is 1. The summed E-state index contributed by atoms with van der Waals surface area (Å²) in [6.45, 7) is 1.17. The lowest BCUT2D eigenvalue weighted by Crippen LogP contribution is -2.26. The van der Waals surface area contributed by atoms with E-state index < -0.39 is 0 Å². The van der Waals surface area contributed by atoms with Crippen molar-refractivity contribution in [3.8, 4) is 11.4 Å². The van der Waals surface area contributed by atoms with Crippen molar-refractivity contribution in [1.82, 2.24) is 30.1 Å². The summed E-state index contributed by atoms with van der Waals surface area (Å²) in [7, 11) is 1.73. The van der Waals surface area contributed by atoms with Crippen LogP contribution in [0.5, 0.6) is 0 Å². The van der Waals surface area contributed by atoms with Gasteiger partial charge in [-0.25, -0.2) is 0 Å². The van der Waals surface area contributed by atoms with Gasteiger partial charge in [0.1, 0.15) is 0 Å². The van der Waals surface area contributed by atoms with Gasteiger partial charge < -0.3 is 4.90 Å². The Morgan fingerprint density at radius 3 is 2.71 bits per heavy atom. The van der Waals surface area contributed by atoms with Crippen LogP contribution in [0.25, 0.3) is 22.3 Å². The predicted molar refractivity (Wildman–Crippen MR) is 104 cm³/mol. The molecular weight excluding hydrogens is 352 g/mol. The SMILES string of the molecule is Cn1nnc(-c2cccc3c2CN(CCc2ccc4ccccc4n2)C3=O)n1. The van der Waals surface area contributed by atoms with Gasteiger partial charge in [-0.15, -0.1) is 10.2 Å². The lowest BCUT2D eigenvalue weighted by Gasteiger charge is -2.15. The van der Waals surface area contributed by atoms with E-state index in [0.717, 1.165) is 33.3 Å². The molecule has 1 aliphatic rings. The summed E-state index contributed by atoms with van der Waals surface area (Å²) in [6.07, 6.45) is 0.712. The van der Waals surface area contributed by atoms with Crippen LogP contribution in [-0.2, 0) is 20.0 Å². The molecule has 4 aromatic rings. The summed E-state index contributed by atoms with van der Waals surface area (Å²) in [5.74, 6) is 0.590. The zero-order chi connectivity index (χ0) is 19.1. The highest BCUT2D eigenvalue weighted by Gasteiger charge is 2.30. The molecule has 0 saturated heterocycles. The van der Waals surface area contributed by atoms with E-state index in [1.807, 2.05) is 47.4 Å². The number of benzene rings is 2. The van der Waals surface area contributed by atoms with Crippen LogP contribution in [0, 0.1) is 0 Å². The summed E-state index contributed by atoms with van der Waals surface area (Å²) in [4.78, 5) is 20.9. The number of carbonyl (C=O) groups is 1. The molecule has 5 rings (SSSR count). The lowest BCUT2D eigenvalue weighted by molar-refractivity contribution is 0.0780. The smallest absolute Gasteiger partial charge is 0.254 e. The van der Waals surface area contributed by atoms with E-state index in [1.165, 1.54) is 4.80 Å².